The van der Waals surface area contributed by atoms with Gasteiger partial charge in [-0.1, -0.05) is 28.9 Å². The highest BCUT2D eigenvalue weighted by atomic mass is 32.1. The van der Waals surface area contributed by atoms with Crippen LogP contribution in [-0.2, 0) is 6.54 Å². The van der Waals surface area contributed by atoms with E-state index in [0.717, 1.165) is 10.4 Å². The van der Waals surface area contributed by atoms with Crippen LogP contribution in [-0.4, -0.2) is 16.0 Å². The van der Waals surface area contributed by atoms with Gasteiger partial charge in [0, 0.05) is 5.56 Å². The predicted octanol–water partition coefficient (Wildman–Crippen LogP) is 3.04. The Morgan fingerprint density at radius 3 is 2.81 bits per heavy atom. The Kier molecular flexibility index (Phi) is 3.79. The number of amides is 1. The van der Waals surface area contributed by atoms with Crippen LogP contribution in [0.3, 0.4) is 0 Å². The number of carbonyl (C=O) groups is 1. The van der Waals surface area contributed by atoms with Crippen LogP contribution in [0.5, 0.6) is 0 Å². The third kappa shape index (κ3) is 3.17. The SMILES string of the molecule is Cc1ccc(C(=O)NCc2nc(-c3cccs3)no2)cc1. The molecule has 0 aliphatic rings. The van der Waals surface area contributed by atoms with Crippen LogP contribution in [0.4, 0.5) is 0 Å². The van der Waals surface area contributed by atoms with Gasteiger partial charge in [-0.05, 0) is 30.5 Å². The first-order valence-corrected chi connectivity index (χ1v) is 7.31. The van der Waals surface area contributed by atoms with Crippen molar-refractivity contribution in [1.29, 1.82) is 0 Å². The molecule has 2 aromatic heterocycles. The fourth-order valence-electron chi connectivity index (χ4n) is 1.80. The van der Waals surface area contributed by atoms with Gasteiger partial charge in [0.05, 0.1) is 11.4 Å². The van der Waals surface area contributed by atoms with Gasteiger partial charge in [0.2, 0.25) is 11.7 Å². The first kappa shape index (κ1) is 13.5. The molecular weight excluding hydrogens is 286 g/mol. The Balaban J connectivity index is 1.62. The summed E-state index contributed by atoms with van der Waals surface area (Å²) in [5.74, 6) is 0.773. The lowest BCUT2D eigenvalue weighted by Crippen LogP contribution is -2.22. The third-order valence-electron chi connectivity index (χ3n) is 2.92. The van der Waals surface area contributed by atoms with E-state index in [0.29, 0.717) is 17.3 Å². The molecule has 1 aromatic carbocycles. The number of benzene rings is 1. The number of aromatic nitrogens is 2. The Bertz CT molecular complexity index is 733. The number of carbonyl (C=O) groups excluding carboxylic acids is 1. The van der Waals surface area contributed by atoms with Gasteiger partial charge in [0.1, 0.15) is 0 Å². The van der Waals surface area contributed by atoms with Gasteiger partial charge >= 0.3 is 0 Å². The van der Waals surface area contributed by atoms with Crippen molar-refractivity contribution in [3.63, 3.8) is 0 Å². The molecule has 6 heteroatoms. The number of nitrogens with one attached hydrogen (secondary N) is 1. The van der Waals surface area contributed by atoms with E-state index in [1.807, 2.05) is 36.6 Å². The van der Waals surface area contributed by atoms with Gasteiger partial charge in [0.25, 0.3) is 5.91 Å². The van der Waals surface area contributed by atoms with Gasteiger partial charge in [-0.15, -0.1) is 11.3 Å². The van der Waals surface area contributed by atoms with Crippen LogP contribution in [0.2, 0.25) is 0 Å². The van der Waals surface area contributed by atoms with Crippen molar-refractivity contribution in [3.8, 4) is 10.7 Å². The van der Waals surface area contributed by atoms with Crippen molar-refractivity contribution in [3.05, 3.63) is 58.8 Å². The summed E-state index contributed by atoms with van der Waals surface area (Å²) in [4.78, 5) is 17.2. The number of aryl methyl sites for hydroxylation is 1. The van der Waals surface area contributed by atoms with Crippen molar-refractivity contribution in [2.24, 2.45) is 0 Å². The van der Waals surface area contributed by atoms with Gasteiger partial charge in [0.15, 0.2) is 0 Å². The molecule has 0 aliphatic carbocycles. The maximum Gasteiger partial charge on any atom is 0.251 e. The largest absolute Gasteiger partial charge is 0.343 e. The normalized spacial score (nSPS) is 10.5. The molecule has 0 radical (unpaired) electrons. The van der Waals surface area contributed by atoms with Crippen LogP contribution in [0.1, 0.15) is 21.8 Å². The van der Waals surface area contributed by atoms with Gasteiger partial charge in [-0.2, -0.15) is 4.98 Å². The molecule has 21 heavy (non-hydrogen) atoms. The molecular formula is C15H13N3O2S. The first-order valence-electron chi connectivity index (χ1n) is 6.44. The Morgan fingerprint density at radius 2 is 2.10 bits per heavy atom. The van der Waals surface area contributed by atoms with Crippen molar-refractivity contribution in [1.82, 2.24) is 15.5 Å². The second-order valence-corrected chi connectivity index (χ2v) is 5.49. The number of hydrogen-bond acceptors (Lipinski definition) is 5. The quantitative estimate of drug-likeness (QED) is 0.804. The maximum absolute atomic E-state index is 12.0. The second-order valence-electron chi connectivity index (χ2n) is 4.54. The molecule has 2 heterocycles. The van der Waals surface area contributed by atoms with E-state index in [2.05, 4.69) is 15.5 Å². The van der Waals surface area contributed by atoms with E-state index in [1.54, 1.807) is 12.1 Å². The molecule has 106 valence electrons. The molecule has 0 spiro atoms. The standard InChI is InChI=1S/C15H13N3O2S/c1-10-4-6-11(7-5-10)15(19)16-9-13-17-14(18-20-13)12-3-2-8-21-12/h2-8H,9H2,1H3,(H,16,19). The summed E-state index contributed by atoms with van der Waals surface area (Å²) in [7, 11) is 0. The topological polar surface area (TPSA) is 68.0 Å². The average Bonchev–Trinajstić information content (AvgIpc) is 3.16. The number of rotatable bonds is 4. The van der Waals surface area contributed by atoms with E-state index in [9.17, 15) is 4.79 Å². The van der Waals surface area contributed by atoms with Crippen LogP contribution >= 0.6 is 11.3 Å². The third-order valence-corrected chi connectivity index (χ3v) is 3.79. The number of hydrogen-bond donors (Lipinski definition) is 1. The maximum atomic E-state index is 12.0. The summed E-state index contributed by atoms with van der Waals surface area (Å²) in [6.07, 6.45) is 0. The molecule has 3 aromatic rings. The molecule has 0 aliphatic heterocycles. The molecule has 0 saturated heterocycles. The second kappa shape index (κ2) is 5.88. The van der Waals surface area contributed by atoms with Crippen molar-refractivity contribution in [2.75, 3.05) is 0 Å². The molecule has 5 nitrogen and oxygen atoms in total. The van der Waals surface area contributed by atoms with Gasteiger partial charge in [-0.25, -0.2) is 0 Å². The van der Waals surface area contributed by atoms with E-state index in [-0.39, 0.29) is 12.5 Å². The molecule has 0 atom stereocenters. The summed E-state index contributed by atoms with van der Waals surface area (Å²) in [5.41, 5.74) is 1.72. The van der Waals surface area contributed by atoms with Crippen molar-refractivity contribution >= 4 is 17.2 Å². The molecule has 0 saturated carbocycles. The van der Waals surface area contributed by atoms with Gasteiger partial charge < -0.3 is 9.84 Å². The lowest BCUT2D eigenvalue weighted by atomic mass is 10.1. The molecule has 1 amide bonds. The monoisotopic (exact) mass is 299 g/mol. The lowest BCUT2D eigenvalue weighted by molar-refractivity contribution is 0.0946. The predicted molar refractivity (Wildman–Crippen MR) is 80.0 cm³/mol. The molecule has 3 rings (SSSR count). The van der Waals surface area contributed by atoms with Gasteiger partial charge in [-0.3, -0.25) is 4.79 Å². The summed E-state index contributed by atoms with van der Waals surface area (Å²) in [6.45, 7) is 2.19. The summed E-state index contributed by atoms with van der Waals surface area (Å²) in [6, 6.07) is 11.2. The zero-order chi connectivity index (χ0) is 14.7. The highest BCUT2D eigenvalue weighted by molar-refractivity contribution is 7.13. The lowest BCUT2D eigenvalue weighted by Gasteiger charge is -2.02. The van der Waals surface area contributed by atoms with E-state index in [4.69, 9.17) is 4.52 Å². The Hall–Kier alpha value is -2.47. The number of thiophene rings is 1. The van der Waals surface area contributed by atoms with Crippen molar-refractivity contribution in [2.45, 2.75) is 13.5 Å². The molecule has 0 fully saturated rings. The van der Waals surface area contributed by atoms with Crippen LogP contribution in [0.25, 0.3) is 10.7 Å². The fraction of sp³-hybridized carbons (Fsp3) is 0.133. The minimum Gasteiger partial charge on any atom is -0.343 e. The zero-order valence-electron chi connectivity index (χ0n) is 11.4. The molecule has 0 bridgehead atoms. The van der Waals surface area contributed by atoms with Crippen LogP contribution in [0, 0.1) is 6.92 Å². The molecule has 1 N–H and O–H groups in total. The zero-order valence-corrected chi connectivity index (χ0v) is 12.2. The number of nitrogens with zero attached hydrogens (tertiary/aromatic N) is 2. The average molecular weight is 299 g/mol. The summed E-state index contributed by atoms with van der Waals surface area (Å²) in [5, 5.41) is 8.60. The molecule has 0 unspecified atom stereocenters. The minimum atomic E-state index is -0.161. The first-order chi connectivity index (χ1) is 10.2. The fourth-order valence-corrected chi connectivity index (χ4v) is 2.44. The van der Waals surface area contributed by atoms with Crippen LogP contribution in [0.15, 0.2) is 46.3 Å². The Morgan fingerprint density at radius 1 is 1.29 bits per heavy atom. The van der Waals surface area contributed by atoms with E-state index < -0.39 is 0 Å². The Labute approximate surface area is 125 Å². The van der Waals surface area contributed by atoms with Crippen LogP contribution < -0.4 is 5.32 Å². The minimum absolute atomic E-state index is 0.161. The van der Waals surface area contributed by atoms with Crippen molar-refractivity contribution < 1.29 is 9.32 Å². The highest BCUT2D eigenvalue weighted by Gasteiger charge is 2.11. The smallest absolute Gasteiger partial charge is 0.251 e. The van der Waals surface area contributed by atoms with E-state index in [1.165, 1.54) is 11.3 Å². The summed E-state index contributed by atoms with van der Waals surface area (Å²) >= 11 is 1.54. The van der Waals surface area contributed by atoms with E-state index >= 15 is 0 Å². The summed E-state index contributed by atoms with van der Waals surface area (Å²) < 4.78 is 5.12. The highest BCUT2D eigenvalue weighted by Crippen LogP contribution is 2.21.